The molecule has 0 spiro atoms. The van der Waals surface area contributed by atoms with E-state index in [0.717, 1.165) is 5.56 Å². The molecule has 0 radical (unpaired) electrons. The van der Waals surface area contributed by atoms with Crippen molar-refractivity contribution in [3.63, 3.8) is 0 Å². The van der Waals surface area contributed by atoms with Crippen LogP contribution in [0.3, 0.4) is 0 Å². The minimum absolute atomic E-state index is 0.0357. The maximum absolute atomic E-state index is 13.2. The van der Waals surface area contributed by atoms with Crippen molar-refractivity contribution in [3.8, 4) is 5.75 Å². The molecule has 1 saturated heterocycles. The van der Waals surface area contributed by atoms with Gasteiger partial charge < -0.3 is 9.64 Å². The summed E-state index contributed by atoms with van der Waals surface area (Å²) >= 11 is 0. The molecule has 0 saturated carbocycles. The number of fused-ring (bicyclic) bond motifs is 1. The second-order valence-corrected chi connectivity index (χ2v) is 10.1. The predicted molar refractivity (Wildman–Crippen MR) is 127 cm³/mol. The molecule has 3 aromatic carbocycles. The van der Waals surface area contributed by atoms with Crippen LogP contribution < -0.4 is 4.74 Å². The number of carbonyl (C=O) groups is 1. The topological polar surface area (TPSA) is 87.1 Å². The van der Waals surface area contributed by atoms with Gasteiger partial charge in [0.2, 0.25) is 0 Å². The molecule has 2 atom stereocenters. The Morgan fingerprint density at radius 1 is 1.00 bits per heavy atom. The summed E-state index contributed by atoms with van der Waals surface area (Å²) in [5.41, 5.74) is 1.02. The molecule has 34 heavy (non-hydrogen) atoms. The molecule has 9 heteroatoms. The van der Waals surface area contributed by atoms with E-state index in [4.69, 9.17) is 4.74 Å². The van der Waals surface area contributed by atoms with E-state index in [2.05, 4.69) is 11.8 Å². The Morgan fingerprint density at radius 2 is 1.68 bits per heavy atom. The molecule has 1 heterocycles. The zero-order valence-electron chi connectivity index (χ0n) is 19.0. The first-order chi connectivity index (χ1) is 16.1. The van der Waals surface area contributed by atoms with Gasteiger partial charge in [-0.3, -0.25) is 14.2 Å². The fourth-order valence-corrected chi connectivity index (χ4v) is 5.10. The number of carbonyl (C=O) groups excluding carboxylic acids is 1. The summed E-state index contributed by atoms with van der Waals surface area (Å²) in [5, 5.41) is 0.822. The third-order valence-electron chi connectivity index (χ3n) is 6.21. The molecule has 0 unspecified atom stereocenters. The van der Waals surface area contributed by atoms with Crippen LogP contribution in [0.15, 0.2) is 65.6 Å². The van der Waals surface area contributed by atoms with Crippen LogP contribution in [0.5, 0.6) is 5.75 Å². The Hall–Kier alpha value is -3.01. The predicted octanol–water partition coefficient (Wildman–Crippen LogP) is 3.73. The van der Waals surface area contributed by atoms with Gasteiger partial charge in [-0.2, -0.15) is 8.42 Å². The molecule has 7 nitrogen and oxygen atoms in total. The van der Waals surface area contributed by atoms with Crippen molar-refractivity contribution in [2.45, 2.75) is 37.4 Å². The number of benzene rings is 3. The fourth-order valence-electron chi connectivity index (χ4n) is 4.41. The van der Waals surface area contributed by atoms with E-state index in [-0.39, 0.29) is 35.3 Å². The summed E-state index contributed by atoms with van der Waals surface area (Å²) in [7, 11) is -4.39. The first-order valence-electron chi connectivity index (χ1n) is 11.0. The van der Waals surface area contributed by atoms with E-state index in [1.807, 2.05) is 6.92 Å². The van der Waals surface area contributed by atoms with E-state index in [1.165, 1.54) is 24.3 Å². The maximum atomic E-state index is 13.2. The van der Waals surface area contributed by atoms with Crippen molar-refractivity contribution in [3.05, 3.63) is 72.0 Å². The molecule has 1 aliphatic heterocycles. The number of piperazine rings is 1. The number of amides is 1. The van der Waals surface area contributed by atoms with Crippen molar-refractivity contribution >= 4 is 26.8 Å². The molecule has 3 aromatic rings. The Bertz CT molecular complexity index is 1300. The minimum Gasteiger partial charge on any atom is -0.483 e. The van der Waals surface area contributed by atoms with Crippen molar-refractivity contribution in [2.75, 3.05) is 19.7 Å². The average molecular weight is 487 g/mol. The van der Waals surface area contributed by atoms with Crippen molar-refractivity contribution in [2.24, 2.45) is 0 Å². The minimum atomic E-state index is -4.39. The number of hydrogen-bond donors (Lipinski definition) is 1. The summed E-state index contributed by atoms with van der Waals surface area (Å²) in [4.78, 5) is 16.9. The van der Waals surface area contributed by atoms with Crippen LogP contribution >= 0.6 is 0 Å². The lowest BCUT2D eigenvalue weighted by molar-refractivity contribution is -0.139. The van der Waals surface area contributed by atoms with Crippen LogP contribution in [0.2, 0.25) is 0 Å². The number of hydrogen-bond acceptors (Lipinski definition) is 5. The van der Waals surface area contributed by atoms with Gasteiger partial charge in [0.15, 0.2) is 6.61 Å². The number of rotatable bonds is 6. The van der Waals surface area contributed by atoms with Crippen molar-refractivity contribution in [1.29, 1.82) is 0 Å². The molecule has 0 aliphatic carbocycles. The third-order valence-corrected chi connectivity index (χ3v) is 7.12. The van der Waals surface area contributed by atoms with Crippen molar-refractivity contribution < 1.29 is 26.9 Å². The Kier molecular flexibility index (Phi) is 6.88. The lowest BCUT2D eigenvalue weighted by Gasteiger charge is -2.44. The van der Waals surface area contributed by atoms with Crippen LogP contribution in [-0.2, 0) is 21.5 Å². The van der Waals surface area contributed by atoms with Crippen LogP contribution in [0.25, 0.3) is 10.8 Å². The zero-order chi connectivity index (χ0) is 24.5. The number of ether oxygens (including phenoxy) is 1. The van der Waals surface area contributed by atoms with E-state index in [0.29, 0.717) is 36.2 Å². The highest BCUT2D eigenvalue weighted by Crippen LogP contribution is 2.31. The smallest absolute Gasteiger partial charge is 0.295 e. The summed E-state index contributed by atoms with van der Waals surface area (Å²) < 4.78 is 51.9. The molecule has 1 aliphatic rings. The van der Waals surface area contributed by atoms with Crippen LogP contribution in [0, 0.1) is 5.82 Å². The first-order valence-corrected chi connectivity index (χ1v) is 12.5. The summed E-state index contributed by atoms with van der Waals surface area (Å²) in [5.74, 6) is -0.0586. The number of nitrogens with zero attached hydrogens (tertiary/aromatic N) is 2. The van der Waals surface area contributed by atoms with Gasteiger partial charge in [-0.1, -0.05) is 36.4 Å². The highest BCUT2D eigenvalue weighted by Gasteiger charge is 2.32. The summed E-state index contributed by atoms with van der Waals surface area (Å²) in [6.45, 7) is 5.74. The van der Waals surface area contributed by atoms with Crippen LogP contribution in [0.4, 0.5) is 4.39 Å². The molecule has 180 valence electrons. The summed E-state index contributed by atoms with van der Waals surface area (Å²) in [6, 6.07) is 15.9. The molecular formula is C25H27FN2O5S. The molecule has 4 rings (SSSR count). The molecular weight excluding hydrogens is 459 g/mol. The Morgan fingerprint density at radius 3 is 2.35 bits per heavy atom. The van der Waals surface area contributed by atoms with Crippen LogP contribution in [-0.4, -0.2) is 60.5 Å². The van der Waals surface area contributed by atoms with Gasteiger partial charge in [-0.05, 0) is 43.7 Å². The first kappa shape index (κ1) is 24.1. The second kappa shape index (κ2) is 9.69. The monoisotopic (exact) mass is 486 g/mol. The molecule has 1 amide bonds. The fraction of sp³-hybridized carbons (Fsp3) is 0.320. The molecule has 1 fully saturated rings. The quantitative estimate of drug-likeness (QED) is 0.535. The van der Waals surface area contributed by atoms with Gasteiger partial charge in [0.25, 0.3) is 16.0 Å². The second-order valence-electron chi connectivity index (χ2n) is 8.67. The molecule has 0 aromatic heterocycles. The van der Waals surface area contributed by atoms with E-state index < -0.39 is 10.1 Å². The van der Waals surface area contributed by atoms with Gasteiger partial charge in [0.05, 0.1) is 0 Å². The van der Waals surface area contributed by atoms with Crippen LogP contribution in [0.1, 0.15) is 19.4 Å². The largest absolute Gasteiger partial charge is 0.483 e. The zero-order valence-corrected chi connectivity index (χ0v) is 19.8. The average Bonchev–Trinajstić information content (AvgIpc) is 2.80. The van der Waals surface area contributed by atoms with Gasteiger partial charge in [-0.25, -0.2) is 4.39 Å². The SMILES string of the molecule is C[C@@H]1CN(C(=O)COc2ccc(S(=O)(=O)O)c3ccccc23)[C@@H](C)CN1Cc1ccc(F)cc1. The van der Waals surface area contributed by atoms with Crippen molar-refractivity contribution in [1.82, 2.24) is 9.80 Å². The van der Waals surface area contributed by atoms with E-state index in [9.17, 15) is 22.2 Å². The third kappa shape index (κ3) is 5.22. The Labute approximate surface area is 198 Å². The van der Waals surface area contributed by atoms with Gasteiger partial charge in [-0.15, -0.1) is 0 Å². The van der Waals surface area contributed by atoms with Gasteiger partial charge in [0, 0.05) is 42.5 Å². The standard InChI is InChI=1S/C25H27FN2O5S/c1-17-14-28(18(2)13-27(17)15-19-7-9-20(26)10-8-19)25(29)16-33-23-11-12-24(34(30,31)32)22-6-4-3-5-21(22)23/h3-12,17-18H,13-16H2,1-2H3,(H,30,31,32)/t17-,18+/m1/s1. The van der Waals surface area contributed by atoms with Gasteiger partial charge in [0.1, 0.15) is 16.5 Å². The normalized spacial score (nSPS) is 19.4. The van der Waals surface area contributed by atoms with E-state index in [1.54, 1.807) is 41.3 Å². The highest BCUT2D eigenvalue weighted by atomic mass is 32.2. The molecule has 0 bridgehead atoms. The maximum Gasteiger partial charge on any atom is 0.295 e. The summed E-state index contributed by atoms with van der Waals surface area (Å²) in [6.07, 6.45) is 0. The Balaban J connectivity index is 1.43. The lowest BCUT2D eigenvalue weighted by Crippen LogP contribution is -2.58. The molecule has 1 N–H and O–H groups in total. The highest BCUT2D eigenvalue weighted by molar-refractivity contribution is 7.86. The lowest BCUT2D eigenvalue weighted by atomic mass is 10.1. The van der Waals surface area contributed by atoms with E-state index >= 15 is 0 Å². The van der Waals surface area contributed by atoms with Gasteiger partial charge >= 0.3 is 0 Å². The number of halogens is 1.